The Morgan fingerprint density at radius 2 is 1.47 bits per heavy atom. The minimum absolute atomic E-state index is 0.0566. The van der Waals surface area contributed by atoms with Crippen LogP contribution in [0.1, 0.15) is 89.7 Å². The van der Waals surface area contributed by atoms with E-state index in [2.05, 4.69) is 162 Å². The predicted molar refractivity (Wildman–Crippen MR) is 204 cm³/mol. The maximum absolute atomic E-state index is 6.63. The van der Waals surface area contributed by atoms with E-state index in [1.54, 1.807) is 0 Å². The smallest absolute Gasteiger partial charge is 0.137 e. The summed E-state index contributed by atoms with van der Waals surface area (Å²) in [6.07, 6.45) is 2.86. The monoisotopic (exact) mass is 646 g/mol. The molecule has 5 nitrogen and oxygen atoms in total. The van der Waals surface area contributed by atoms with Crippen molar-refractivity contribution in [2.45, 2.75) is 79.1 Å². The van der Waals surface area contributed by atoms with Crippen molar-refractivity contribution in [1.82, 2.24) is 19.3 Å². The van der Waals surface area contributed by atoms with Crippen molar-refractivity contribution in [1.29, 1.82) is 0 Å². The topological polar surface area (TPSA) is 44.9 Å². The number of pyridine rings is 1. The molecule has 0 unspecified atom stereocenters. The van der Waals surface area contributed by atoms with Gasteiger partial charge in [0.05, 0.1) is 28.1 Å². The number of aryl methyl sites for hydroxylation is 1. The van der Waals surface area contributed by atoms with Crippen LogP contribution in [0.25, 0.3) is 44.4 Å². The Hall–Kier alpha value is -5.16. The first-order chi connectivity index (χ1) is 23.5. The molecule has 0 N–H and O–H groups in total. The number of rotatable bonds is 8. The Bertz CT molecular complexity index is 2300. The molecule has 0 amide bonds. The van der Waals surface area contributed by atoms with E-state index in [9.17, 15) is 0 Å². The highest BCUT2D eigenvalue weighted by atomic mass is 16.5. The van der Waals surface area contributed by atoms with E-state index in [1.807, 2.05) is 12.3 Å². The Morgan fingerprint density at radius 3 is 2.22 bits per heavy atom. The SMILES string of the molecule is CCc1ccnc(-n2c3ccccc3c3ccc(Oc4cccc(-n5nc(C(C)C)c(-c6cccc(C(C)(C)C)c6)c5C(C)C)c4)cc32)c1. The first-order valence-electron chi connectivity index (χ1n) is 17.5. The standard InChI is InChI=1S/C44H46N4O/c1-9-30-22-23-45-40(24-30)47-38-19-11-10-18-36(38)37-21-20-35(27-39(37)47)49-34-17-13-16-33(26-34)48-43(29(4)5)41(42(46-48)28(2)3)31-14-12-15-32(25-31)44(6,7)8/h10-29H,9H2,1-8H3. The molecule has 7 rings (SSSR count). The van der Waals surface area contributed by atoms with Crippen molar-refractivity contribution in [3.05, 3.63) is 132 Å². The van der Waals surface area contributed by atoms with Gasteiger partial charge >= 0.3 is 0 Å². The van der Waals surface area contributed by atoms with E-state index in [0.717, 1.165) is 46.2 Å². The van der Waals surface area contributed by atoms with E-state index < -0.39 is 0 Å². The lowest BCUT2D eigenvalue weighted by Gasteiger charge is -2.21. The molecular formula is C44H46N4O. The molecule has 248 valence electrons. The summed E-state index contributed by atoms with van der Waals surface area (Å²) < 4.78 is 11.0. The molecule has 0 saturated heterocycles. The van der Waals surface area contributed by atoms with Crippen molar-refractivity contribution >= 4 is 21.8 Å². The highest BCUT2D eigenvalue weighted by Gasteiger charge is 2.26. The Kier molecular flexibility index (Phi) is 8.40. The predicted octanol–water partition coefficient (Wildman–Crippen LogP) is 11.9. The van der Waals surface area contributed by atoms with Crippen LogP contribution < -0.4 is 4.74 Å². The number of aromatic nitrogens is 4. The Labute approximate surface area is 290 Å². The summed E-state index contributed by atoms with van der Waals surface area (Å²) in [6.45, 7) is 18.0. The van der Waals surface area contributed by atoms with Crippen LogP contribution in [0.4, 0.5) is 0 Å². The minimum Gasteiger partial charge on any atom is -0.457 e. The highest BCUT2D eigenvalue weighted by Crippen LogP contribution is 2.40. The van der Waals surface area contributed by atoms with Crippen LogP contribution in [0.15, 0.2) is 109 Å². The van der Waals surface area contributed by atoms with Gasteiger partial charge in [-0.2, -0.15) is 5.10 Å². The molecule has 0 atom stereocenters. The molecule has 0 radical (unpaired) electrons. The number of para-hydroxylation sites is 1. The second-order valence-electron chi connectivity index (χ2n) is 14.7. The van der Waals surface area contributed by atoms with Gasteiger partial charge in [0.15, 0.2) is 0 Å². The molecule has 3 aromatic heterocycles. The lowest BCUT2D eigenvalue weighted by Crippen LogP contribution is -2.11. The fourth-order valence-electron chi connectivity index (χ4n) is 6.90. The Morgan fingerprint density at radius 1 is 0.714 bits per heavy atom. The van der Waals surface area contributed by atoms with Gasteiger partial charge in [-0.1, -0.05) is 104 Å². The van der Waals surface area contributed by atoms with Crippen molar-refractivity contribution in [3.8, 4) is 34.1 Å². The zero-order valence-electron chi connectivity index (χ0n) is 30.0. The van der Waals surface area contributed by atoms with Gasteiger partial charge in [0, 0.05) is 34.7 Å². The summed E-state index contributed by atoms with van der Waals surface area (Å²) in [5.41, 5.74) is 10.6. The van der Waals surface area contributed by atoms with Crippen molar-refractivity contribution in [2.75, 3.05) is 0 Å². The lowest BCUT2D eigenvalue weighted by atomic mass is 9.84. The summed E-state index contributed by atoms with van der Waals surface area (Å²) in [5, 5.41) is 7.66. The molecule has 49 heavy (non-hydrogen) atoms. The normalized spacial score (nSPS) is 12.1. The summed E-state index contributed by atoms with van der Waals surface area (Å²) in [6, 6.07) is 36.4. The second-order valence-corrected chi connectivity index (χ2v) is 14.7. The molecule has 0 fully saturated rings. The van der Waals surface area contributed by atoms with Crippen LogP contribution in [0.2, 0.25) is 0 Å². The van der Waals surface area contributed by atoms with Crippen molar-refractivity contribution < 1.29 is 4.74 Å². The average Bonchev–Trinajstić information content (AvgIpc) is 3.65. The van der Waals surface area contributed by atoms with Crippen LogP contribution >= 0.6 is 0 Å². The summed E-state index contributed by atoms with van der Waals surface area (Å²) >= 11 is 0. The van der Waals surface area contributed by atoms with E-state index in [1.165, 1.54) is 38.7 Å². The molecular weight excluding hydrogens is 601 g/mol. The number of fused-ring (bicyclic) bond motifs is 3. The van der Waals surface area contributed by atoms with Gasteiger partial charge in [0.25, 0.3) is 0 Å². The van der Waals surface area contributed by atoms with Gasteiger partial charge < -0.3 is 4.74 Å². The number of hydrogen-bond donors (Lipinski definition) is 0. The number of hydrogen-bond acceptors (Lipinski definition) is 3. The molecule has 4 aromatic carbocycles. The summed E-state index contributed by atoms with van der Waals surface area (Å²) in [4.78, 5) is 4.78. The molecule has 5 heteroatoms. The van der Waals surface area contributed by atoms with E-state index >= 15 is 0 Å². The highest BCUT2D eigenvalue weighted by molar-refractivity contribution is 6.09. The van der Waals surface area contributed by atoms with Crippen LogP contribution in [-0.2, 0) is 11.8 Å². The van der Waals surface area contributed by atoms with Gasteiger partial charge in [-0.15, -0.1) is 0 Å². The summed E-state index contributed by atoms with van der Waals surface area (Å²) in [5.74, 6) is 2.96. The number of ether oxygens (including phenoxy) is 1. The maximum atomic E-state index is 6.63. The van der Waals surface area contributed by atoms with Gasteiger partial charge in [0.2, 0.25) is 0 Å². The fraction of sp³-hybridized carbons (Fsp3) is 0.273. The first kappa shape index (κ1) is 32.4. The zero-order chi connectivity index (χ0) is 34.4. The van der Waals surface area contributed by atoms with E-state index in [0.29, 0.717) is 0 Å². The van der Waals surface area contributed by atoms with Gasteiger partial charge in [-0.3, -0.25) is 4.57 Å². The second kappa shape index (κ2) is 12.7. The molecule has 0 spiro atoms. The first-order valence-corrected chi connectivity index (χ1v) is 17.5. The van der Waals surface area contributed by atoms with Gasteiger partial charge in [0.1, 0.15) is 17.3 Å². The van der Waals surface area contributed by atoms with E-state index in [4.69, 9.17) is 14.8 Å². The summed E-state index contributed by atoms with van der Waals surface area (Å²) in [7, 11) is 0. The van der Waals surface area contributed by atoms with E-state index in [-0.39, 0.29) is 17.3 Å². The van der Waals surface area contributed by atoms with Gasteiger partial charge in [-0.05, 0) is 82.8 Å². The third-order valence-electron chi connectivity index (χ3n) is 9.45. The van der Waals surface area contributed by atoms with Crippen LogP contribution in [0, 0.1) is 0 Å². The Balaban J connectivity index is 1.31. The average molecular weight is 647 g/mol. The molecule has 3 heterocycles. The molecule has 0 aliphatic rings. The largest absolute Gasteiger partial charge is 0.457 e. The molecule has 7 aromatic rings. The number of benzene rings is 4. The quantitative estimate of drug-likeness (QED) is 0.165. The third kappa shape index (κ3) is 6.03. The van der Waals surface area contributed by atoms with Crippen molar-refractivity contribution in [3.63, 3.8) is 0 Å². The maximum Gasteiger partial charge on any atom is 0.137 e. The molecule has 0 aliphatic carbocycles. The minimum atomic E-state index is 0.0566. The molecule has 0 bridgehead atoms. The zero-order valence-corrected chi connectivity index (χ0v) is 30.0. The molecule has 0 saturated carbocycles. The van der Waals surface area contributed by atoms with Crippen LogP contribution in [0.3, 0.4) is 0 Å². The van der Waals surface area contributed by atoms with Gasteiger partial charge in [-0.25, -0.2) is 9.67 Å². The fourth-order valence-corrected chi connectivity index (χ4v) is 6.90. The number of nitrogens with zero attached hydrogens (tertiary/aromatic N) is 4. The third-order valence-corrected chi connectivity index (χ3v) is 9.45. The lowest BCUT2D eigenvalue weighted by molar-refractivity contribution is 0.482. The molecule has 0 aliphatic heterocycles. The van der Waals surface area contributed by atoms with Crippen LogP contribution in [0.5, 0.6) is 11.5 Å². The van der Waals surface area contributed by atoms with Crippen LogP contribution in [-0.4, -0.2) is 19.3 Å². The van der Waals surface area contributed by atoms with Crippen molar-refractivity contribution in [2.24, 2.45) is 0 Å².